The van der Waals surface area contributed by atoms with Gasteiger partial charge in [0, 0.05) is 63.0 Å². The smallest absolute Gasteiger partial charge is 0.166 e. The number of benzene rings is 1. The fraction of sp³-hybridized carbons (Fsp3) is 0.367. The second kappa shape index (κ2) is 9.84. The highest BCUT2D eigenvalue weighted by molar-refractivity contribution is 7.22. The first-order chi connectivity index (χ1) is 18.6. The molecule has 3 fully saturated rings. The number of nitrogens with zero attached hydrogens (tertiary/aromatic N) is 3. The minimum absolute atomic E-state index is 0.138. The maximum absolute atomic E-state index is 14.9. The van der Waals surface area contributed by atoms with Crippen LogP contribution in [-0.4, -0.2) is 45.8 Å². The molecular formula is C30H29FN4O2S. The first-order valence-electron chi connectivity index (χ1n) is 13.4. The average Bonchev–Trinajstić information content (AvgIpc) is 3.27. The lowest BCUT2D eigenvalue weighted by atomic mass is 10.0. The van der Waals surface area contributed by atoms with Crippen molar-refractivity contribution < 1.29 is 13.9 Å². The number of Topliss-reactive ketones (excluding diaryl/α,β-unsaturated/α-hetero) is 1. The number of aromatic nitrogens is 2. The van der Waals surface area contributed by atoms with Crippen LogP contribution in [0.5, 0.6) is 11.5 Å². The molecule has 2 bridgehead atoms. The molecule has 6 nitrogen and oxygen atoms in total. The molecule has 0 radical (unpaired) electrons. The molecule has 3 aromatic heterocycles. The number of nitrogens with one attached hydrogen (secondary N) is 1. The van der Waals surface area contributed by atoms with E-state index in [0.717, 1.165) is 53.3 Å². The summed E-state index contributed by atoms with van der Waals surface area (Å²) in [6.45, 7) is 3.13. The second-order valence-corrected chi connectivity index (χ2v) is 11.9. The summed E-state index contributed by atoms with van der Waals surface area (Å²) in [7, 11) is 0. The highest BCUT2D eigenvalue weighted by atomic mass is 32.1. The number of ketones is 1. The van der Waals surface area contributed by atoms with Crippen LogP contribution in [0, 0.1) is 11.7 Å². The van der Waals surface area contributed by atoms with Crippen molar-refractivity contribution >= 4 is 27.3 Å². The first kappa shape index (κ1) is 23.9. The number of pyridine rings is 2. The number of ether oxygens (including phenoxy) is 1. The van der Waals surface area contributed by atoms with E-state index < -0.39 is 5.82 Å². The molecule has 5 heterocycles. The minimum Gasteiger partial charge on any atom is -0.453 e. The standard InChI is InChI=1S/C30H29FN4O2S/c31-24-11-19(10-23(36)9-18-1-2-18)4-6-27(24)37-28-7-8-32-26-13-29(38-30(26)28)25-5-3-20(14-34-25)16-35-17-21-12-22(35)15-33-21/h3-8,11,13-14,18,21-22,33H,1-2,9-10,12,15-17H2/t21-,22-/m1/s1. The quantitative estimate of drug-likeness (QED) is 0.299. The van der Waals surface area contributed by atoms with Crippen LogP contribution < -0.4 is 10.1 Å². The maximum Gasteiger partial charge on any atom is 0.166 e. The third kappa shape index (κ3) is 4.96. The highest BCUT2D eigenvalue weighted by Gasteiger charge is 2.37. The normalized spacial score (nSPS) is 20.9. The fourth-order valence-electron chi connectivity index (χ4n) is 5.66. The van der Waals surface area contributed by atoms with Gasteiger partial charge in [-0.3, -0.25) is 19.7 Å². The largest absolute Gasteiger partial charge is 0.453 e. The lowest BCUT2D eigenvalue weighted by Gasteiger charge is -2.27. The first-order valence-corrected chi connectivity index (χ1v) is 14.2. The molecule has 7 rings (SSSR count). The van der Waals surface area contributed by atoms with Gasteiger partial charge in [-0.1, -0.05) is 12.1 Å². The topological polar surface area (TPSA) is 67.3 Å². The maximum atomic E-state index is 14.9. The summed E-state index contributed by atoms with van der Waals surface area (Å²) in [5.74, 6) is 0.930. The van der Waals surface area contributed by atoms with E-state index in [1.165, 1.54) is 29.4 Å². The van der Waals surface area contributed by atoms with Crippen LogP contribution in [0.1, 0.15) is 36.8 Å². The van der Waals surface area contributed by atoms with Gasteiger partial charge in [0.1, 0.15) is 11.5 Å². The number of carbonyl (C=O) groups is 1. The van der Waals surface area contributed by atoms with Gasteiger partial charge < -0.3 is 10.1 Å². The summed E-state index contributed by atoms with van der Waals surface area (Å²) >= 11 is 1.54. The number of halogens is 1. The summed E-state index contributed by atoms with van der Waals surface area (Å²) in [6.07, 6.45) is 8.03. The van der Waals surface area contributed by atoms with Crippen LogP contribution >= 0.6 is 11.3 Å². The van der Waals surface area contributed by atoms with Gasteiger partial charge in [-0.05, 0) is 60.6 Å². The van der Waals surface area contributed by atoms with Gasteiger partial charge in [0.15, 0.2) is 11.6 Å². The fourth-order valence-corrected chi connectivity index (χ4v) is 6.70. The Balaban J connectivity index is 1.06. The number of piperazine rings is 1. The minimum atomic E-state index is -0.470. The molecule has 194 valence electrons. The number of rotatable bonds is 9. The number of thiophene rings is 1. The summed E-state index contributed by atoms with van der Waals surface area (Å²) in [6, 6.07) is 14.1. The number of carbonyl (C=O) groups excluding carboxylic acids is 1. The van der Waals surface area contributed by atoms with E-state index in [4.69, 9.17) is 9.72 Å². The Kier molecular flexibility index (Phi) is 6.18. The van der Waals surface area contributed by atoms with Crippen molar-refractivity contribution in [3.8, 4) is 22.1 Å². The number of hydrogen-bond acceptors (Lipinski definition) is 7. The highest BCUT2D eigenvalue weighted by Crippen LogP contribution is 2.39. The van der Waals surface area contributed by atoms with Crippen molar-refractivity contribution in [2.45, 2.75) is 50.7 Å². The van der Waals surface area contributed by atoms with E-state index in [0.29, 0.717) is 35.7 Å². The van der Waals surface area contributed by atoms with Crippen LogP contribution in [0.25, 0.3) is 20.8 Å². The molecule has 4 aromatic rings. The average molecular weight is 529 g/mol. The predicted octanol–water partition coefficient (Wildman–Crippen LogP) is 5.75. The van der Waals surface area contributed by atoms with Gasteiger partial charge in [-0.15, -0.1) is 11.3 Å². The van der Waals surface area contributed by atoms with E-state index in [1.807, 2.05) is 12.3 Å². The number of hydrogen-bond donors (Lipinski definition) is 1. The molecule has 8 heteroatoms. The molecule has 2 aliphatic heterocycles. The third-order valence-electron chi connectivity index (χ3n) is 7.84. The summed E-state index contributed by atoms with van der Waals surface area (Å²) in [5, 5.41) is 3.55. The van der Waals surface area contributed by atoms with Crippen molar-refractivity contribution in [2.75, 3.05) is 13.1 Å². The predicted molar refractivity (Wildman–Crippen MR) is 146 cm³/mol. The van der Waals surface area contributed by atoms with Crippen molar-refractivity contribution in [3.05, 3.63) is 71.8 Å². The van der Waals surface area contributed by atoms with Gasteiger partial charge in [-0.2, -0.15) is 0 Å². The monoisotopic (exact) mass is 528 g/mol. The van der Waals surface area contributed by atoms with Crippen LogP contribution in [0.3, 0.4) is 0 Å². The molecule has 0 spiro atoms. The van der Waals surface area contributed by atoms with E-state index in [2.05, 4.69) is 27.3 Å². The van der Waals surface area contributed by atoms with Crippen molar-refractivity contribution in [1.82, 2.24) is 20.2 Å². The van der Waals surface area contributed by atoms with Crippen LogP contribution in [0.2, 0.25) is 0 Å². The van der Waals surface area contributed by atoms with Crippen molar-refractivity contribution in [2.24, 2.45) is 5.92 Å². The van der Waals surface area contributed by atoms with Crippen molar-refractivity contribution in [1.29, 1.82) is 0 Å². The molecule has 1 aromatic carbocycles. The Morgan fingerprint density at radius 3 is 2.74 bits per heavy atom. The number of fused-ring (bicyclic) bond motifs is 3. The van der Waals surface area contributed by atoms with Gasteiger partial charge in [0.25, 0.3) is 0 Å². The van der Waals surface area contributed by atoms with Crippen LogP contribution in [0.4, 0.5) is 4.39 Å². The second-order valence-electron chi connectivity index (χ2n) is 10.8. The Morgan fingerprint density at radius 1 is 1.11 bits per heavy atom. The molecule has 3 aliphatic rings. The van der Waals surface area contributed by atoms with E-state index in [1.54, 1.807) is 24.4 Å². The molecule has 0 unspecified atom stereocenters. The Labute approximate surface area is 224 Å². The Morgan fingerprint density at radius 2 is 2.00 bits per heavy atom. The van der Waals surface area contributed by atoms with Crippen molar-refractivity contribution in [3.63, 3.8) is 0 Å². The van der Waals surface area contributed by atoms with Gasteiger partial charge in [0.05, 0.1) is 20.8 Å². The van der Waals surface area contributed by atoms with Crippen LogP contribution in [-0.2, 0) is 17.8 Å². The zero-order valence-corrected chi connectivity index (χ0v) is 21.8. The third-order valence-corrected chi connectivity index (χ3v) is 9.00. The molecular weight excluding hydrogens is 499 g/mol. The molecule has 2 saturated heterocycles. The summed E-state index contributed by atoms with van der Waals surface area (Å²) in [4.78, 5) is 24.9. The van der Waals surface area contributed by atoms with Crippen LogP contribution in [0.15, 0.2) is 54.9 Å². The Hall–Kier alpha value is -3.20. The molecule has 1 aliphatic carbocycles. The van der Waals surface area contributed by atoms with E-state index >= 15 is 0 Å². The van der Waals surface area contributed by atoms with E-state index in [9.17, 15) is 9.18 Å². The molecule has 1 saturated carbocycles. The zero-order chi connectivity index (χ0) is 25.6. The molecule has 0 amide bonds. The molecule has 1 N–H and O–H groups in total. The molecule has 38 heavy (non-hydrogen) atoms. The summed E-state index contributed by atoms with van der Waals surface area (Å²) < 4.78 is 21.7. The summed E-state index contributed by atoms with van der Waals surface area (Å²) in [5.41, 5.74) is 3.58. The number of likely N-dealkylation sites (tertiary alicyclic amines) is 1. The SMILES string of the molecule is O=C(Cc1ccc(Oc2ccnc3cc(-c4ccc(CN5C[C@H]6C[C@@H]5CN6)cn4)sc23)c(F)c1)CC1CC1. The van der Waals surface area contributed by atoms with Gasteiger partial charge in [0.2, 0.25) is 0 Å². The lowest BCUT2D eigenvalue weighted by molar-refractivity contribution is -0.118. The van der Waals surface area contributed by atoms with Gasteiger partial charge >= 0.3 is 0 Å². The zero-order valence-electron chi connectivity index (χ0n) is 21.0. The van der Waals surface area contributed by atoms with Gasteiger partial charge in [-0.25, -0.2) is 4.39 Å². The molecule has 2 atom stereocenters. The lowest BCUT2D eigenvalue weighted by Crippen LogP contribution is -2.42. The van der Waals surface area contributed by atoms with E-state index in [-0.39, 0.29) is 18.0 Å². The Bertz CT molecular complexity index is 1500.